The first-order valence-electron chi connectivity index (χ1n) is 7.86. The standard InChI is InChI=1S/C19H22O4/c1-2-21-17-9-11-18(12-10-17)22-13-5-6-14-23-19-8-4-3-7-16(19)15-20/h3-4,7-12,15H,2,5-6,13-14H2,1H3. The SMILES string of the molecule is CCOc1ccc(OCCCCOc2ccccc2C=O)cc1. The maximum absolute atomic E-state index is 10.9. The maximum atomic E-state index is 10.9. The lowest BCUT2D eigenvalue weighted by Gasteiger charge is -2.09. The summed E-state index contributed by atoms with van der Waals surface area (Å²) in [4.78, 5) is 10.9. The summed E-state index contributed by atoms with van der Waals surface area (Å²) in [6.45, 7) is 3.82. The van der Waals surface area contributed by atoms with Gasteiger partial charge in [0.15, 0.2) is 6.29 Å². The number of aldehydes is 1. The molecule has 2 aromatic rings. The molecule has 2 rings (SSSR count). The van der Waals surface area contributed by atoms with Gasteiger partial charge in [-0.05, 0) is 56.2 Å². The maximum Gasteiger partial charge on any atom is 0.153 e. The van der Waals surface area contributed by atoms with E-state index in [9.17, 15) is 4.79 Å². The van der Waals surface area contributed by atoms with Crippen LogP contribution in [0, 0.1) is 0 Å². The zero-order chi connectivity index (χ0) is 16.3. The predicted molar refractivity (Wildman–Crippen MR) is 89.7 cm³/mol. The molecule has 0 aliphatic rings. The summed E-state index contributed by atoms with van der Waals surface area (Å²) in [5.41, 5.74) is 0.582. The predicted octanol–water partition coefficient (Wildman–Crippen LogP) is 4.14. The lowest BCUT2D eigenvalue weighted by atomic mass is 10.2. The average molecular weight is 314 g/mol. The largest absolute Gasteiger partial charge is 0.494 e. The van der Waals surface area contributed by atoms with Crippen molar-refractivity contribution >= 4 is 6.29 Å². The normalized spacial score (nSPS) is 10.1. The summed E-state index contributed by atoms with van der Waals surface area (Å²) in [5.74, 6) is 2.32. The molecule has 0 amide bonds. The topological polar surface area (TPSA) is 44.8 Å². The summed E-state index contributed by atoms with van der Waals surface area (Å²) >= 11 is 0. The Hall–Kier alpha value is -2.49. The van der Waals surface area contributed by atoms with Gasteiger partial charge in [0, 0.05) is 0 Å². The van der Waals surface area contributed by atoms with Crippen molar-refractivity contribution in [3.63, 3.8) is 0 Å². The smallest absolute Gasteiger partial charge is 0.153 e. The number of hydrogen-bond acceptors (Lipinski definition) is 4. The number of unbranched alkanes of at least 4 members (excludes halogenated alkanes) is 1. The van der Waals surface area contributed by atoms with E-state index in [2.05, 4.69) is 0 Å². The van der Waals surface area contributed by atoms with Gasteiger partial charge in [-0.3, -0.25) is 4.79 Å². The summed E-state index contributed by atoms with van der Waals surface area (Å²) in [5, 5.41) is 0. The fraction of sp³-hybridized carbons (Fsp3) is 0.316. The minimum Gasteiger partial charge on any atom is -0.494 e. The fourth-order valence-electron chi connectivity index (χ4n) is 2.08. The van der Waals surface area contributed by atoms with Crippen LogP contribution in [0.2, 0.25) is 0 Å². The van der Waals surface area contributed by atoms with Crippen LogP contribution in [-0.4, -0.2) is 26.1 Å². The van der Waals surface area contributed by atoms with Crippen molar-refractivity contribution in [1.82, 2.24) is 0 Å². The van der Waals surface area contributed by atoms with Crippen molar-refractivity contribution in [3.8, 4) is 17.2 Å². The molecular formula is C19H22O4. The summed E-state index contributed by atoms with van der Waals surface area (Å²) in [6.07, 6.45) is 2.56. The second-order valence-electron chi connectivity index (χ2n) is 4.96. The Morgan fingerprint density at radius 2 is 1.43 bits per heavy atom. The molecule has 0 unspecified atom stereocenters. The molecule has 0 heterocycles. The first-order chi connectivity index (χ1) is 11.3. The van der Waals surface area contributed by atoms with Gasteiger partial charge in [-0.15, -0.1) is 0 Å². The number of para-hydroxylation sites is 1. The molecule has 0 N–H and O–H groups in total. The Morgan fingerprint density at radius 1 is 0.826 bits per heavy atom. The molecule has 0 saturated heterocycles. The Balaban J connectivity index is 1.63. The van der Waals surface area contributed by atoms with Crippen molar-refractivity contribution in [1.29, 1.82) is 0 Å². The Kier molecular flexibility index (Phi) is 6.98. The van der Waals surface area contributed by atoms with Crippen LogP contribution in [0.25, 0.3) is 0 Å². The third-order valence-corrected chi connectivity index (χ3v) is 3.25. The monoisotopic (exact) mass is 314 g/mol. The summed E-state index contributed by atoms with van der Waals surface area (Å²) in [7, 11) is 0. The molecule has 0 aliphatic heterocycles. The van der Waals surface area contributed by atoms with Gasteiger partial charge in [0.05, 0.1) is 25.4 Å². The number of carbonyl (C=O) groups excluding carboxylic acids is 1. The van der Waals surface area contributed by atoms with E-state index >= 15 is 0 Å². The quantitative estimate of drug-likeness (QED) is 0.488. The van der Waals surface area contributed by atoms with Gasteiger partial charge in [0.25, 0.3) is 0 Å². The highest BCUT2D eigenvalue weighted by molar-refractivity contribution is 5.79. The summed E-state index contributed by atoms with van der Waals surface area (Å²) < 4.78 is 16.7. The van der Waals surface area contributed by atoms with E-state index in [0.29, 0.717) is 31.1 Å². The molecule has 122 valence electrons. The van der Waals surface area contributed by atoms with Gasteiger partial charge in [-0.25, -0.2) is 0 Å². The number of ether oxygens (including phenoxy) is 3. The zero-order valence-electron chi connectivity index (χ0n) is 13.4. The fourth-order valence-corrected chi connectivity index (χ4v) is 2.08. The number of rotatable bonds is 10. The van der Waals surface area contributed by atoms with Crippen LogP contribution < -0.4 is 14.2 Å². The first-order valence-corrected chi connectivity index (χ1v) is 7.86. The van der Waals surface area contributed by atoms with E-state index < -0.39 is 0 Å². The van der Waals surface area contributed by atoms with Gasteiger partial charge >= 0.3 is 0 Å². The molecular weight excluding hydrogens is 292 g/mol. The second-order valence-corrected chi connectivity index (χ2v) is 4.96. The average Bonchev–Trinajstić information content (AvgIpc) is 2.60. The molecule has 0 radical (unpaired) electrons. The van der Waals surface area contributed by atoms with Gasteiger partial charge in [-0.2, -0.15) is 0 Å². The lowest BCUT2D eigenvalue weighted by molar-refractivity contribution is 0.111. The van der Waals surface area contributed by atoms with E-state index in [-0.39, 0.29) is 0 Å². The summed E-state index contributed by atoms with van der Waals surface area (Å²) in [6, 6.07) is 14.8. The number of benzene rings is 2. The minimum absolute atomic E-state index is 0.567. The second kappa shape index (κ2) is 9.51. The van der Waals surface area contributed by atoms with Crippen molar-refractivity contribution in [3.05, 3.63) is 54.1 Å². The van der Waals surface area contributed by atoms with Crippen LogP contribution in [-0.2, 0) is 0 Å². The van der Waals surface area contributed by atoms with E-state index in [1.165, 1.54) is 0 Å². The van der Waals surface area contributed by atoms with Crippen LogP contribution in [0.3, 0.4) is 0 Å². The molecule has 0 saturated carbocycles. The highest BCUT2D eigenvalue weighted by Crippen LogP contribution is 2.18. The molecule has 23 heavy (non-hydrogen) atoms. The molecule has 4 heteroatoms. The number of carbonyl (C=O) groups is 1. The minimum atomic E-state index is 0.567. The molecule has 0 fully saturated rings. The van der Waals surface area contributed by atoms with Crippen LogP contribution in [0.4, 0.5) is 0 Å². The lowest BCUT2D eigenvalue weighted by Crippen LogP contribution is -2.03. The van der Waals surface area contributed by atoms with E-state index in [4.69, 9.17) is 14.2 Å². The van der Waals surface area contributed by atoms with Crippen LogP contribution in [0.1, 0.15) is 30.1 Å². The van der Waals surface area contributed by atoms with E-state index in [1.54, 1.807) is 12.1 Å². The van der Waals surface area contributed by atoms with Gasteiger partial charge in [-0.1, -0.05) is 12.1 Å². The Morgan fingerprint density at radius 3 is 2.09 bits per heavy atom. The van der Waals surface area contributed by atoms with Crippen molar-refractivity contribution < 1.29 is 19.0 Å². The van der Waals surface area contributed by atoms with Crippen LogP contribution >= 0.6 is 0 Å². The first kappa shape index (κ1) is 16.9. The highest BCUT2D eigenvalue weighted by atomic mass is 16.5. The third kappa shape index (κ3) is 5.66. The molecule has 0 aliphatic carbocycles. The number of hydrogen-bond donors (Lipinski definition) is 0. The van der Waals surface area contributed by atoms with Crippen molar-refractivity contribution in [2.24, 2.45) is 0 Å². The van der Waals surface area contributed by atoms with Crippen LogP contribution in [0.5, 0.6) is 17.2 Å². The zero-order valence-corrected chi connectivity index (χ0v) is 13.4. The van der Waals surface area contributed by atoms with Gasteiger partial charge in [0.2, 0.25) is 0 Å². The van der Waals surface area contributed by atoms with E-state index in [1.807, 2.05) is 43.3 Å². The molecule has 4 nitrogen and oxygen atoms in total. The molecule has 2 aromatic carbocycles. The van der Waals surface area contributed by atoms with Crippen LogP contribution in [0.15, 0.2) is 48.5 Å². The Bertz CT molecular complexity index is 593. The molecule has 0 bridgehead atoms. The molecule has 0 aromatic heterocycles. The molecule has 0 spiro atoms. The van der Waals surface area contributed by atoms with Gasteiger partial charge < -0.3 is 14.2 Å². The van der Waals surface area contributed by atoms with Crippen molar-refractivity contribution in [2.75, 3.05) is 19.8 Å². The highest BCUT2D eigenvalue weighted by Gasteiger charge is 2.01. The third-order valence-electron chi connectivity index (χ3n) is 3.25. The van der Waals surface area contributed by atoms with Gasteiger partial charge in [0.1, 0.15) is 17.2 Å². The van der Waals surface area contributed by atoms with E-state index in [0.717, 1.165) is 30.6 Å². The van der Waals surface area contributed by atoms with Crippen molar-refractivity contribution in [2.45, 2.75) is 19.8 Å². The molecule has 0 atom stereocenters. The Labute approximate surface area is 137 Å².